The predicted octanol–water partition coefficient (Wildman–Crippen LogP) is 8.72. The lowest BCUT2D eigenvalue weighted by molar-refractivity contribution is 0.158. The highest BCUT2D eigenvalue weighted by atomic mass is 16.7. The number of fused-ring (bicyclic) bond motifs is 6. The van der Waals surface area contributed by atoms with Crippen molar-refractivity contribution in [1.82, 2.24) is 14.5 Å². The minimum Gasteiger partial charge on any atom is -0.504 e. The quantitative estimate of drug-likeness (QED) is 0.153. The van der Waals surface area contributed by atoms with Crippen molar-refractivity contribution in [2.45, 2.75) is 103 Å². The summed E-state index contributed by atoms with van der Waals surface area (Å²) in [4.78, 5) is 7.72. The molecule has 0 fully saturated rings. The zero-order valence-electron chi connectivity index (χ0n) is 26.9. The maximum absolute atomic E-state index is 11.4. The average molecular weight is 610 g/mol. The van der Waals surface area contributed by atoms with Gasteiger partial charge < -0.3 is 23.9 Å². The van der Waals surface area contributed by atoms with Crippen molar-refractivity contribution in [2.24, 2.45) is 0 Å². The Morgan fingerprint density at radius 1 is 0.911 bits per heavy atom. The smallest absolute Gasteiger partial charge is 0.231 e. The van der Waals surface area contributed by atoms with Crippen molar-refractivity contribution >= 4 is 11.0 Å². The summed E-state index contributed by atoms with van der Waals surface area (Å²) in [5.74, 6) is 3.42. The largest absolute Gasteiger partial charge is 0.504 e. The molecule has 45 heavy (non-hydrogen) atoms. The van der Waals surface area contributed by atoms with E-state index >= 15 is 0 Å². The number of benzene rings is 3. The summed E-state index contributed by atoms with van der Waals surface area (Å²) >= 11 is 0. The Morgan fingerprint density at radius 2 is 1.64 bits per heavy atom. The first-order valence-corrected chi connectivity index (χ1v) is 17.2. The van der Waals surface area contributed by atoms with E-state index in [0.717, 1.165) is 71.8 Å². The molecule has 0 saturated carbocycles. The Bertz CT molecular complexity index is 1660. The van der Waals surface area contributed by atoms with Gasteiger partial charge in [0.05, 0.1) is 18.1 Å². The standard InChI is InChI=1S/C38H47N3O4/c1-3-4-5-6-7-8-9-10-11-14-18-41-32-16-13-12-15-31(32)39-38(41)29-23-36(43-2)37(42)30-24-40-19-17-26-20-34-35(45-25-44-34)22-27(26)33(40)21-28(29)30/h12-13,15-16,20,22-23,33,42H,3-11,14,17-19,21,24-25H2,1-2H3. The third kappa shape index (κ3) is 5.87. The lowest BCUT2D eigenvalue weighted by Gasteiger charge is -2.42. The molecule has 1 atom stereocenters. The minimum absolute atomic E-state index is 0.196. The van der Waals surface area contributed by atoms with E-state index in [1.165, 1.54) is 74.5 Å². The summed E-state index contributed by atoms with van der Waals surface area (Å²) in [7, 11) is 1.64. The second kappa shape index (κ2) is 13.3. The van der Waals surface area contributed by atoms with Crippen LogP contribution >= 0.6 is 0 Å². The molecule has 238 valence electrons. The summed E-state index contributed by atoms with van der Waals surface area (Å²) in [6.45, 7) is 5.08. The van der Waals surface area contributed by atoms with Gasteiger partial charge in [0.25, 0.3) is 0 Å². The molecular weight excluding hydrogens is 562 g/mol. The molecule has 1 unspecified atom stereocenters. The van der Waals surface area contributed by atoms with Crippen LogP contribution in [0.15, 0.2) is 42.5 Å². The maximum Gasteiger partial charge on any atom is 0.231 e. The molecule has 4 heterocycles. The summed E-state index contributed by atoms with van der Waals surface area (Å²) in [5, 5.41) is 11.4. The first-order chi connectivity index (χ1) is 22.2. The van der Waals surface area contributed by atoms with Gasteiger partial charge in [-0.3, -0.25) is 4.90 Å². The Labute approximate surface area is 267 Å². The number of aryl methyl sites for hydroxylation is 1. The van der Waals surface area contributed by atoms with Gasteiger partial charge in [-0.25, -0.2) is 4.98 Å². The first kappa shape index (κ1) is 30.0. The molecule has 3 aromatic carbocycles. The predicted molar refractivity (Wildman–Crippen MR) is 178 cm³/mol. The van der Waals surface area contributed by atoms with Gasteiger partial charge in [0.2, 0.25) is 6.79 Å². The molecule has 0 amide bonds. The van der Waals surface area contributed by atoms with Gasteiger partial charge in [0.15, 0.2) is 23.0 Å². The number of methoxy groups -OCH3 is 1. The molecule has 3 aliphatic rings. The molecule has 7 heteroatoms. The highest BCUT2D eigenvalue weighted by Crippen LogP contribution is 2.49. The Morgan fingerprint density at radius 3 is 2.42 bits per heavy atom. The fraction of sp³-hybridized carbons (Fsp3) is 0.500. The lowest BCUT2D eigenvalue weighted by Crippen LogP contribution is -2.39. The van der Waals surface area contributed by atoms with Gasteiger partial charge in [-0.1, -0.05) is 76.8 Å². The molecule has 7 nitrogen and oxygen atoms in total. The number of phenolic OH excluding ortho intramolecular Hbond substituents is 1. The van der Waals surface area contributed by atoms with E-state index in [1.807, 2.05) is 6.07 Å². The second-order valence-corrected chi connectivity index (χ2v) is 13.0. The van der Waals surface area contributed by atoms with Crippen molar-refractivity contribution in [2.75, 3.05) is 20.4 Å². The fourth-order valence-electron chi connectivity index (χ4n) is 7.73. The van der Waals surface area contributed by atoms with Gasteiger partial charge >= 0.3 is 0 Å². The van der Waals surface area contributed by atoms with Crippen molar-refractivity contribution in [3.63, 3.8) is 0 Å². The highest BCUT2D eigenvalue weighted by molar-refractivity contribution is 5.82. The van der Waals surface area contributed by atoms with E-state index in [-0.39, 0.29) is 18.6 Å². The molecule has 0 radical (unpaired) electrons. The third-order valence-electron chi connectivity index (χ3n) is 10.2. The van der Waals surface area contributed by atoms with Crippen LogP contribution in [0.4, 0.5) is 0 Å². The molecule has 1 N–H and O–H groups in total. The van der Waals surface area contributed by atoms with Crippen LogP contribution < -0.4 is 14.2 Å². The third-order valence-corrected chi connectivity index (χ3v) is 10.2. The number of hydrogen-bond acceptors (Lipinski definition) is 6. The minimum atomic E-state index is 0.196. The molecule has 0 saturated heterocycles. The van der Waals surface area contributed by atoms with Gasteiger partial charge in [0.1, 0.15) is 5.82 Å². The zero-order valence-corrected chi connectivity index (χ0v) is 26.9. The molecule has 3 aliphatic heterocycles. The number of hydrogen-bond donors (Lipinski definition) is 1. The van der Waals surface area contributed by atoms with E-state index < -0.39 is 0 Å². The van der Waals surface area contributed by atoms with Crippen LogP contribution in [0.2, 0.25) is 0 Å². The summed E-state index contributed by atoms with van der Waals surface area (Å²) < 4.78 is 19.7. The number of rotatable bonds is 13. The van der Waals surface area contributed by atoms with Crippen LogP contribution in [0.3, 0.4) is 0 Å². The zero-order chi connectivity index (χ0) is 30.8. The number of aromatic hydroxyl groups is 1. The number of nitrogens with zero attached hydrogens (tertiary/aromatic N) is 3. The first-order valence-electron chi connectivity index (χ1n) is 17.2. The molecule has 0 spiro atoms. The number of ether oxygens (including phenoxy) is 3. The van der Waals surface area contributed by atoms with E-state index in [2.05, 4.69) is 52.8 Å². The molecular formula is C38H47N3O4. The van der Waals surface area contributed by atoms with Crippen molar-refractivity contribution in [1.29, 1.82) is 0 Å². The van der Waals surface area contributed by atoms with Crippen LogP contribution in [0.1, 0.15) is 99.4 Å². The maximum atomic E-state index is 11.4. The van der Waals surface area contributed by atoms with E-state index in [1.54, 1.807) is 7.11 Å². The van der Waals surface area contributed by atoms with E-state index in [9.17, 15) is 5.11 Å². The number of unbranched alkanes of at least 4 members (excludes halogenated alkanes) is 9. The average Bonchev–Trinajstić information content (AvgIpc) is 3.68. The Kier molecular flexibility index (Phi) is 8.88. The highest BCUT2D eigenvalue weighted by Gasteiger charge is 2.37. The van der Waals surface area contributed by atoms with Gasteiger partial charge in [0, 0.05) is 36.8 Å². The number of para-hydroxylation sites is 2. The number of aromatic nitrogens is 2. The fourth-order valence-corrected chi connectivity index (χ4v) is 7.73. The van der Waals surface area contributed by atoms with Gasteiger partial charge in [-0.15, -0.1) is 0 Å². The lowest BCUT2D eigenvalue weighted by atomic mass is 9.81. The molecule has 0 aliphatic carbocycles. The van der Waals surface area contributed by atoms with Gasteiger partial charge in [-0.05, 0) is 66.3 Å². The van der Waals surface area contributed by atoms with Crippen molar-refractivity contribution in [3.8, 4) is 34.4 Å². The van der Waals surface area contributed by atoms with Crippen LogP contribution in [-0.2, 0) is 25.9 Å². The number of phenols is 1. The molecule has 4 aromatic rings. The van der Waals surface area contributed by atoms with Gasteiger partial charge in [-0.2, -0.15) is 0 Å². The second-order valence-electron chi connectivity index (χ2n) is 13.0. The SMILES string of the molecule is CCCCCCCCCCCCn1c(-c2cc(OC)c(O)c3c2CC2c4cc5c(cc4CCN2C3)OCO5)nc2ccccc21. The van der Waals surface area contributed by atoms with E-state index in [0.29, 0.717) is 12.3 Å². The van der Waals surface area contributed by atoms with Crippen molar-refractivity contribution in [3.05, 3.63) is 64.7 Å². The normalized spacial score (nSPS) is 16.9. The Hall–Kier alpha value is -3.71. The summed E-state index contributed by atoms with van der Waals surface area (Å²) in [5.41, 5.74) is 8.00. The Balaban J connectivity index is 1.18. The monoisotopic (exact) mass is 609 g/mol. The van der Waals surface area contributed by atoms with E-state index in [4.69, 9.17) is 19.2 Å². The molecule has 1 aromatic heterocycles. The number of imidazole rings is 1. The van der Waals surface area contributed by atoms with Crippen LogP contribution in [-0.4, -0.2) is 40.0 Å². The molecule has 7 rings (SSSR count). The topological polar surface area (TPSA) is 69.0 Å². The van der Waals surface area contributed by atoms with Crippen LogP contribution in [0, 0.1) is 0 Å². The van der Waals surface area contributed by atoms with Crippen molar-refractivity contribution < 1.29 is 19.3 Å². The van der Waals surface area contributed by atoms with Crippen LogP contribution in [0.25, 0.3) is 22.4 Å². The molecule has 0 bridgehead atoms. The summed E-state index contributed by atoms with van der Waals surface area (Å²) in [6, 6.07) is 15.0. The van der Waals surface area contributed by atoms with Crippen LogP contribution in [0.5, 0.6) is 23.0 Å². The summed E-state index contributed by atoms with van der Waals surface area (Å²) in [6.07, 6.45) is 14.9.